The van der Waals surface area contributed by atoms with Gasteiger partial charge in [0.15, 0.2) is 0 Å². The van der Waals surface area contributed by atoms with E-state index in [0.717, 1.165) is 46.0 Å². The molecule has 0 aliphatic carbocycles. The average Bonchev–Trinajstić information content (AvgIpc) is 3.38. The third-order valence-electron chi connectivity index (χ3n) is 6.46. The first kappa shape index (κ1) is 22.3. The lowest BCUT2D eigenvalue weighted by molar-refractivity contribution is -0.137. The molecule has 0 amide bonds. The Morgan fingerprint density at radius 2 is 2.09 bits per heavy atom. The van der Waals surface area contributed by atoms with Crippen molar-refractivity contribution in [3.63, 3.8) is 0 Å². The molecule has 6 nitrogen and oxygen atoms in total. The first-order valence-corrected chi connectivity index (χ1v) is 11.8. The third kappa shape index (κ3) is 4.10. The fraction of sp³-hybridized carbons (Fsp3) is 0.259. The van der Waals surface area contributed by atoms with Crippen molar-refractivity contribution in [2.75, 3.05) is 11.9 Å². The topological polar surface area (TPSA) is 76.4 Å². The number of anilines is 1. The van der Waals surface area contributed by atoms with E-state index >= 15 is 0 Å². The van der Waals surface area contributed by atoms with Crippen LogP contribution in [0, 0.1) is 6.92 Å². The number of carboxylic acids is 1. The maximum Gasteiger partial charge on any atom is 0.304 e. The van der Waals surface area contributed by atoms with Crippen LogP contribution in [-0.4, -0.2) is 27.2 Å². The van der Waals surface area contributed by atoms with Gasteiger partial charge in [-0.3, -0.25) is 9.36 Å². The molecule has 0 saturated carbocycles. The summed E-state index contributed by atoms with van der Waals surface area (Å²) in [6.45, 7) is 5.29. The van der Waals surface area contributed by atoms with E-state index in [4.69, 9.17) is 26.4 Å². The molecular weight excluding hydrogens is 450 g/mol. The van der Waals surface area contributed by atoms with Crippen molar-refractivity contribution in [1.82, 2.24) is 9.55 Å². The number of aliphatic carboxylic acids is 1. The highest BCUT2D eigenvalue weighted by atomic mass is 35.5. The van der Waals surface area contributed by atoms with E-state index in [-0.39, 0.29) is 12.3 Å². The number of carbonyl (C=O) groups is 1. The van der Waals surface area contributed by atoms with Crippen molar-refractivity contribution in [3.05, 3.63) is 82.1 Å². The largest absolute Gasteiger partial charge is 0.493 e. The number of hydrogen-bond donors (Lipinski definition) is 2. The number of imidazole rings is 1. The molecule has 4 aromatic rings. The summed E-state index contributed by atoms with van der Waals surface area (Å²) in [5.41, 5.74) is 7.27. The number of halogens is 1. The number of aromatic nitrogens is 2. The summed E-state index contributed by atoms with van der Waals surface area (Å²) >= 11 is 6.30. The van der Waals surface area contributed by atoms with Crippen molar-refractivity contribution in [2.24, 2.45) is 0 Å². The summed E-state index contributed by atoms with van der Waals surface area (Å²) in [5.74, 6) is 0.859. The molecular formula is C27H26ClN3O3. The maximum absolute atomic E-state index is 11.1. The van der Waals surface area contributed by atoms with Crippen LogP contribution in [0.1, 0.15) is 41.8 Å². The van der Waals surface area contributed by atoms with Gasteiger partial charge >= 0.3 is 5.97 Å². The van der Waals surface area contributed by atoms with Gasteiger partial charge in [0.2, 0.25) is 0 Å². The van der Waals surface area contributed by atoms with Gasteiger partial charge in [-0.15, -0.1) is 0 Å². The van der Waals surface area contributed by atoms with Gasteiger partial charge in [-0.2, -0.15) is 0 Å². The smallest absolute Gasteiger partial charge is 0.304 e. The van der Waals surface area contributed by atoms with Gasteiger partial charge in [-0.05, 0) is 48.4 Å². The van der Waals surface area contributed by atoms with Crippen molar-refractivity contribution in [1.29, 1.82) is 0 Å². The Kier molecular flexibility index (Phi) is 5.92. The highest BCUT2D eigenvalue weighted by Gasteiger charge is 2.26. The molecule has 34 heavy (non-hydrogen) atoms. The van der Waals surface area contributed by atoms with Gasteiger partial charge in [0.05, 0.1) is 29.7 Å². The molecule has 0 unspecified atom stereocenters. The summed E-state index contributed by atoms with van der Waals surface area (Å²) in [6.07, 6.45) is 0.895. The van der Waals surface area contributed by atoms with Gasteiger partial charge in [0, 0.05) is 41.2 Å². The van der Waals surface area contributed by atoms with Crippen LogP contribution in [0.3, 0.4) is 0 Å². The molecule has 1 aromatic heterocycles. The molecule has 2 heterocycles. The number of nitrogens with one attached hydrogen (secondary N) is 1. The first-order valence-electron chi connectivity index (χ1n) is 11.4. The van der Waals surface area contributed by atoms with Crippen LogP contribution in [-0.2, 0) is 17.8 Å². The zero-order valence-electron chi connectivity index (χ0n) is 19.1. The number of carboxylic acid groups (broad SMARTS) is 1. The Hall–Kier alpha value is -3.51. The SMILES string of the molecule is CCc1nc2ccc(Cl)cc2n1-c1cccc(CNc2ccc3c(c2)OC[C@H]3CC(=O)O)c1C. The minimum atomic E-state index is -0.807. The number of hydrogen-bond acceptors (Lipinski definition) is 4. The third-order valence-corrected chi connectivity index (χ3v) is 6.69. The minimum Gasteiger partial charge on any atom is -0.493 e. The van der Waals surface area contributed by atoms with Crippen molar-refractivity contribution < 1.29 is 14.6 Å². The van der Waals surface area contributed by atoms with E-state index in [1.54, 1.807) is 0 Å². The second-order valence-corrected chi connectivity index (χ2v) is 9.06. The van der Waals surface area contributed by atoms with Gasteiger partial charge < -0.3 is 15.2 Å². The lowest BCUT2D eigenvalue weighted by Gasteiger charge is -2.16. The molecule has 0 radical (unpaired) electrons. The molecule has 5 rings (SSSR count). The van der Waals surface area contributed by atoms with E-state index < -0.39 is 5.97 Å². The predicted molar refractivity (Wildman–Crippen MR) is 134 cm³/mol. The van der Waals surface area contributed by atoms with E-state index in [2.05, 4.69) is 41.9 Å². The van der Waals surface area contributed by atoms with Crippen LogP contribution >= 0.6 is 11.6 Å². The second-order valence-electron chi connectivity index (χ2n) is 8.62. The van der Waals surface area contributed by atoms with Crippen molar-refractivity contribution in [2.45, 2.75) is 39.2 Å². The summed E-state index contributed by atoms with van der Waals surface area (Å²) in [4.78, 5) is 15.9. The fourth-order valence-corrected chi connectivity index (χ4v) is 4.84. The molecule has 0 spiro atoms. The summed E-state index contributed by atoms with van der Waals surface area (Å²) in [5, 5.41) is 13.3. The molecule has 3 aromatic carbocycles. The molecule has 2 N–H and O–H groups in total. The number of fused-ring (bicyclic) bond motifs is 2. The van der Waals surface area contributed by atoms with Crippen LogP contribution in [0.4, 0.5) is 5.69 Å². The van der Waals surface area contributed by atoms with E-state index in [0.29, 0.717) is 18.2 Å². The molecule has 0 saturated heterocycles. The monoisotopic (exact) mass is 475 g/mol. The lowest BCUT2D eigenvalue weighted by Crippen LogP contribution is -2.07. The minimum absolute atomic E-state index is 0.0830. The maximum atomic E-state index is 11.1. The summed E-state index contributed by atoms with van der Waals surface area (Å²) in [6, 6.07) is 18.0. The number of nitrogens with zero attached hydrogens (tertiary/aromatic N) is 2. The van der Waals surface area contributed by atoms with E-state index in [1.807, 2.05) is 36.4 Å². The van der Waals surface area contributed by atoms with Crippen LogP contribution in [0.25, 0.3) is 16.7 Å². The Morgan fingerprint density at radius 1 is 1.24 bits per heavy atom. The van der Waals surface area contributed by atoms with E-state index in [1.165, 1.54) is 11.1 Å². The second kappa shape index (κ2) is 9.03. The zero-order valence-corrected chi connectivity index (χ0v) is 19.9. The molecule has 1 atom stereocenters. The Bertz CT molecular complexity index is 1400. The van der Waals surface area contributed by atoms with Crippen LogP contribution in [0.5, 0.6) is 5.75 Å². The molecule has 1 aliphatic heterocycles. The van der Waals surface area contributed by atoms with Gasteiger partial charge in [-0.25, -0.2) is 4.98 Å². The quantitative estimate of drug-likeness (QED) is 0.337. The Morgan fingerprint density at radius 3 is 2.88 bits per heavy atom. The molecule has 0 fully saturated rings. The number of ether oxygens (including phenoxy) is 1. The van der Waals surface area contributed by atoms with Crippen LogP contribution < -0.4 is 10.1 Å². The summed E-state index contributed by atoms with van der Waals surface area (Å²) in [7, 11) is 0. The molecule has 7 heteroatoms. The Labute approximate surface area is 203 Å². The fourth-order valence-electron chi connectivity index (χ4n) is 4.67. The zero-order chi connectivity index (χ0) is 23.8. The standard InChI is InChI=1S/C27H26ClN3O3/c1-3-26-30-22-10-7-19(28)12-24(22)31(26)23-6-4-5-17(16(23)2)14-29-20-8-9-21-18(11-27(32)33)15-34-25(21)13-20/h4-10,12-13,18,29H,3,11,14-15H2,1-2H3,(H,32,33)/t18-/m1/s1. The van der Waals surface area contributed by atoms with Crippen molar-refractivity contribution >= 4 is 34.3 Å². The number of benzene rings is 3. The Balaban J connectivity index is 1.41. The molecule has 174 valence electrons. The van der Waals surface area contributed by atoms with Crippen LogP contribution in [0.2, 0.25) is 5.02 Å². The molecule has 1 aliphatic rings. The predicted octanol–water partition coefficient (Wildman–Crippen LogP) is 6.11. The van der Waals surface area contributed by atoms with Gasteiger partial charge in [0.1, 0.15) is 11.6 Å². The van der Waals surface area contributed by atoms with Gasteiger partial charge in [0.25, 0.3) is 0 Å². The number of aryl methyl sites for hydroxylation is 1. The van der Waals surface area contributed by atoms with Gasteiger partial charge in [-0.1, -0.05) is 36.7 Å². The van der Waals surface area contributed by atoms with Crippen molar-refractivity contribution in [3.8, 4) is 11.4 Å². The lowest BCUT2D eigenvalue weighted by atomic mass is 9.98. The van der Waals surface area contributed by atoms with Crippen LogP contribution in [0.15, 0.2) is 54.6 Å². The average molecular weight is 476 g/mol. The summed E-state index contributed by atoms with van der Waals surface area (Å²) < 4.78 is 7.95. The first-order chi connectivity index (χ1) is 16.4. The normalized spacial score (nSPS) is 14.7. The van der Waals surface area contributed by atoms with E-state index in [9.17, 15) is 4.79 Å². The highest BCUT2D eigenvalue weighted by Crippen LogP contribution is 2.38. The highest BCUT2D eigenvalue weighted by molar-refractivity contribution is 6.31. The molecule has 0 bridgehead atoms. The number of rotatable bonds is 7.